The normalized spacial score (nSPS) is 14.2. The molecular formula is C10H10N4O2. The molecule has 0 aliphatic heterocycles. The summed E-state index contributed by atoms with van der Waals surface area (Å²) in [4.78, 5) is 27.3. The SMILES string of the molecule is O=NC(c1ccc[nH]1)C(N=O)c1ccc[nH]1. The predicted molar refractivity (Wildman–Crippen MR) is 58.7 cm³/mol. The number of nitrogens with zero attached hydrogens (tertiary/aromatic N) is 2. The van der Waals surface area contributed by atoms with E-state index in [2.05, 4.69) is 20.3 Å². The topological polar surface area (TPSA) is 90.4 Å². The van der Waals surface area contributed by atoms with Crippen molar-refractivity contribution < 1.29 is 0 Å². The molecule has 2 atom stereocenters. The Morgan fingerprint density at radius 2 is 1.31 bits per heavy atom. The van der Waals surface area contributed by atoms with Crippen LogP contribution in [0.4, 0.5) is 0 Å². The molecule has 6 heteroatoms. The number of H-pyrrole nitrogens is 2. The van der Waals surface area contributed by atoms with E-state index in [1.165, 1.54) is 0 Å². The molecule has 0 amide bonds. The summed E-state index contributed by atoms with van der Waals surface area (Å²) < 4.78 is 0. The molecule has 6 nitrogen and oxygen atoms in total. The maximum atomic E-state index is 10.8. The summed E-state index contributed by atoms with van der Waals surface area (Å²) in [6.07, 6.45) is 3.34. The average molecular weight is 218 g/mol. The van der Waals surface area contributed by atoms with Gasteiger partial charge in [0.15, 0.2) is 12.1 Å². The third-order valence-corrected chi connectivity index (χ3v) is 2.41. The minimum atomic E-state index is -0.828. The van der Waals surface area contributed by atoms with E-state index in [0.29, 0.717) is 11.4 Å². The Kier molecular flexibility index (Phi) is 2.90. The van der Waals surface area contributed by atoms with E-state index < -0.39 is 12.1 Å². The highest BCUT2D eigenvalue weighted by Gasteiger charge is 2.28. The van der Waals surface area contributed by atoms with Crippen LogP contribution in [0.3, 0.4) is 0 Å². The van der Waals surface area contributed by atoms with Gasteiger partial charge in [0.05, 0.1) is 0 Å². The zero-order valence-electron chi connectivity index (χ0n) is 8.33. The lowest BCUT2D eigenvalue weighted by atomic mass is 10.0. The van der Waals surface area contributed by atoms with Gasteiger partial charge in [0, 0.05) is 23.8 Å². The minimum Gasteiger partial charge on any atom is -0.363 e. The number of hydrogen-bond donors (Lipinski definition) is 2. The van der Waals surface area contributed by atoms with Gasteiger partial charge < -0.3 is 9.97 Å². The predicted octanol–water partition coefficient (Wildman–Crippen LogP) is 2.66. The first-order valence-corrected chi connectivity index (χ1v) is 4.78. The van der Waals surface area contributed by atoms with Gasteiger partial charge in [0.25, 0.3) is 0 Å². The molecule has 0 bridgehead atoms. The summed E-state index contributed by atoms with van der Waals surface area (Å²) in [5.41, 5.74) is 1.16. The van der Waals surface area contributed by atoms with Gasteiger partial charge in [-0.25, -0.2) is 0 Å². The van der Waals surface area contributed by atoms with E-state index in [9.17, 15) is 9.81 Å². The van der Waals surface area contributed by atoms with E-state index in [0.717, 1.165) is 0 Å². The maximum Gasteiger partial charge on any atom is 0.163 e. The number of rotatable bonds is 5. The lowest BCUT2D eigenvalue weighted by Crippen LogP contribution is -2.07. The van der Waals surface area contributed by atoms with Crippen LogP contribution in [0.15, 0.2) is 47.0 Å². The van der Waals surface area contributed by atoms with E-state index in [-0.39, 0.29) is 0 Å². The fourth-order valence-electron chi connectivity index (χ4n) is 1.63. The minimum absolute atomic E-state index is 0.578. The molecular weight excluding hydrogens is 208 g/mol. The van der Waals surface area contributed by atoms with Crippen LogP contribution in [0.5, 0.6) is 0 Å². The number of aromatic nitrogens is 2. The monoisotopic (exact) mass is 218 g/mol. The second-order valence-electron chi connectivity index (χ2n) is 3.35. The molecule has 0 spiro atoms. The smallest absolute Gasteiger partial charge is 0.163 e. The van der Waals surface area contributed by atoms with Crippen molar-refractivity contribution in [1.29, 1.82) is 0 Å². The Morgan fingerprint density at radius 1 is 0.875 bits per heavy atom. The molecule has 0 fully saturated rings. The van der Waals surface area contributed by atoms with E-state index in [4.69, 9.17) is 0 Å². The first-order valence-electron chi connectivity index (χ1n) is 4.78. The summed E-state index contributed by atoms with van der Waals surface area (Å²) in [6.45, 7) is 0. The van der Waals surface area contributed by atoms with Gasteiger partial charge in [0.1, 0.15) is 0 Å². The fourth-order valence-corrected chi connectivity index (χ4v) is 1.63. The quantitative estimate of drug-likeness (QED) is 0.755. The van der Waals surface area contributed by atoms with Crippen LogP contribution in [0.25, 0.3) is 0 Å². The molecule has 82 valence electrons. The van der Waals surface area contributed by atoms with Crippen molar-refractivity contribution >= 4 is 0 Å². The molecule has 2 aromatic heterocycles. The first-order chi connectivity index (χ1) is 7.86. The lowest BCUT2D eigenvalue weighted by molar-refractivity contribution is 0.550. The third kappa shape index (κ3) is 1.77. The Labute approximate surface area is 91.0 Å². The van der Waals surface area contributed by atoms with Gasteiger partial charge in [-0.15, -0.1) is 9.81 Å². The van der Waals surface area contributed by atoms with Crippen molar-refractivity contribution in [2.24, 2.45) is 10.4 Å². The molecule has 2 heterocycles. The van der Waals surface area contributed by atoms with Crippen molar-refractivity contribution in [3.05, 3.63) is 57.9 Å². The van der Waals surface area contributed by atoms with Crippen molar-refractivity contribution in [2.75, 3.05) is 0 Å². The summed E-state index contributed by atoms with van der Waals surface area (Å²) in [6, 6.07) is 5.23. The van der Waals surface area contributed by atoms with E-state index >= 15 is 0 Å². The number of nitrogens with one attached hydrogen (secondary N) is 2. The number of nitroso groups, excluding NO2 is 2. The molecule has 0 radical (unpaired) electrons. The highest BCUT2D eigenvalue weighted by molar-refractivity contribution is 5.19. The molecule has 2 rings (SSSR count). The van der Waals surface area contributed by atoms with Crippen molar-refractivity contribution in [3.63, 3.8) is 0 Å². The van der Waals surface area contributed by atoms with Gasteiger partial charge in [0.2, 0.25) is 0 Å². The molecule has 16 heavy (non-hydrogen) atoms. The Morgan fingerprint density at radius 3 is 1.56 bits per heavy atom. The van der Waals surface area contributed by atoms with Crippen molar-refractivity contribution in [1.82, 2.24) is 9.97 Å². The maximum absolute atomic E-state index is 10.8. The van der Waals surface area contributed by atoms with Crippen LogP contribution in [-0.2, 0) is 0 Å². The Bertz CT molecular complexity index is 405. The first kappa shape index (κ1) is 10.3. The van der Waals surface area contributed by atoms with Crippen LogP contribution >= 0.6 is 0 Å². The number of hydrogen-bond acceptors (Lipinski definition) is 4. The van der Waals surface area contributed by atoms with Crippen molar-refractivity contribution in [2.45, 2.75) is 12.1 Å². The third-order valence-electron chi connectivity index (χ3n) is 2.41. The van der Waals surface area contributed by atoms with Crippen LogP contribution in [0.2, 0.25) is 0 Å². The van der Waals surface area contributed by atoms with Crippen LogP contribution in [0, 0.1) is 9.81 Å². The second-order valence-corrected chi connectivity index (χ2v) is 3.35. The highest BCUT2D eigenvalue weighted by Crippen LogP contribution is 2.33. The van der Waals surface area contributed by atoms with Gasteiger partial charge in [-0.1, -0.05) is 10.4 Å². The van der Waals surface area contributed by atoms with Crippen molar-refractivity contribution in [3.8, 4) is 0 Å². The molecule has 0 saturated heterocycles. The molecule has 0 aliphatic rings. The van der Waals surface area contributed by atoms with Crippen LogP contribution < -0.4 is 0 Å². The zero-order valence-corrected chi connectivity index (χ0v) is 8.33. The largest absolute Gasteiger partial charge is 0.363 e. The summed E-state index contributed by atoms with van der Waals surface area (Å²) in [7, 11) is 0. The van der Waals surface area contributed by atoms with Gasteiger partial charge >= 0.3 is 0 Å². The second kappa shape index (κ2) is 4.52. The molecule has 2 aromatic rings. The highest BCUT2D eigenvalue weighted by atomic mass is 16.3. The van der Waals surface area contributed by atoms with E-state index in [1.54, 1.807) is 36.7 Å². The zero-order chi connectivity index (χ0) is 11.4. The lowest BCUT2D eigenvalue weighted by Gasteiger charge is -2.12. The fraction of sp³-hybridized carbons (Fsp3) is 0.200. The van der Waals surface area contributed by atoms with Crippen LogP contribution in [0.1, 0.15) is 23.5 Å². The number of aromatic amines is 2. The standard InChI is InChI=1S/C10H10N4O2/c15-13-9(7-3-1-5-11-7)10(14-16)8-4-2-6-12-8/h1-6,9-12H. The molecule has 0 saturated carbocycles. The van der Waals surface area contributed by atoms with Gasteiger partial charge in [-0.05, 0) is 24.3 Å². The summed E-state index contributed by atoms with van der Waals surface area (Å²) in [5, 5.41) is 5.93. The molecule has 0 aliphatic carbocycles. The Hall–Kier alpha value is -2.24. The summed E-state index contributed by atoms with van der Waals surface area (Å²) >= 11 is 0. The summed E-state index contributed by atoms with van der Waals surface area (Å²) in [5.74, 6) is 0. The van der Waals surface area contributed by atoms with Gasteiger partial charge in [-0.3, -0.25) is 0 Å². The van der Waals surface area contributed by atoms with Crippen LogP contribution in [-0.4, -0.2) is 9.97 Å². The molecule has 2 unspecified atom stereocenters. The molecule has 0 aromatic carbocycles. The molecule has 2 N–H and O–H groups in total. The van der Waals surface area contributed by atoms with Gasteiger partial charge in [-0.2, -0.15) is 0 Å². The average Bonchev–Trinajstić information content (AvgIpc) is 2.97. The van der Waals surface area contributed by atoms with E-state index in [1.807, 2.05) is 0 Å². The Balaban J connectivity index is 2.32.